The average Bonchev–Trinajstić information content (AvgIpc) is 2.53. The molecule has 0 fully saturated rings. The summed E-state index contributed by atoms with van der Waals surface area (Å²) in [5.74, 6) is 0. The Morgan fingerprint density at radius 2 is 1.80 bits per heavy atom. The molecule has 1 unspecified atom stereocenters. The zero-order valence-corrected chi connectivity index (χ0v) is 14.1. The van der Waals surface area contributed by atoms with Crippen LogP contribution in [0.4, 0.5) is 13.2 Å². The molecule has 2 N–H and O–H groups in total. The molecule has 0 aliphatic carbocycles. The fourth-order valence-electron chi connectivity index (χ4n) is 2.68. The summed E-state index contributed by atoms with van der Waals surface area (Å²) in [4.78, 5) is 8.95. The molecule has 0 radical (unpaired) electrons. The molecule has 3 rings (SSSR count). The van der Waals surface area contributed by atoms with Gasteiger partial charge in [0, 0.05) is 11.6 Å². The Hall–Kier alpha value is -2.18. The van der Waals surface area contributed by atoms with Gasteiger partial charge in [0.25, 0.3) is 0 Å². The van der Waals surface area contributed by atoms with Gasteiger partial charge in [-0.3, -0.25) is 0 Å². The van der Waals surface area contributed by atoms with Crippen LogP contribution in [-0.4, -0.2) is 16.1 Å². The number of para-hydroxylation sites is 1. The molecule has 3 nitrogen and oxygen atoms in total. The molecule has 7 heteroatoms. The second kappa shape index (κ2) is 6.61. The minimum Gasteiger partial charge on any atom is -0.323 e. The Morgan fingerprint density at radius 3 is 2.44 bits per heavy atom. The van der Waals surface area contributed by atoms with Crippen molar-refractivity contribution in [3.05, 3.63) is 58.7 Å². The van der Waals surface area contributed by atoms with Gasteiger partial charge in [-0.15, -0.1) is 0 Å². The minimum atomic E-state index is -4.33. The first-order chi connectivity index (χ1) is 11.8. The number of rotatable bonds is 3. The van der Waals surface area contributed by atoms with Crippen molar-refractivity contribution < 1.29 is 13.2 Å². The fraction of sp³-hybridized carbons (Fsp3) is 0.222. The summed E-state index contributed by atoms with van der Waals surface area (Å²) < 4.78 is 38.6. The van der Waals surface area contributed by atoms with E-state index < -0.39 is 18.6 Å². The maximum atomic E-state index is 12.9. The largest absolute Gasteiger partial charge is 0.393 e. The van der Waals surface area contributed by atoms with Crippen LogP contribution in [0.2, 0.25) is 5.02 Å². The van der Waals surface area contributed by atoms with Crippen molar-refractivity contribution in [3.8, 4) is 11.3 Å². The van der Waals surface area contributed by atoms with E-state index in [-0.39, 0.29) is 11.1 Å². The van der Waals surface area contributed by atoms with Crippen LogP contribution in [0.15, 0.2) is 42.5 Å². The standard InChI is InChI=1S/C18H15ClF3N3/c1-10(23)15-17(12-6-2-3-7-13(12)19)25-16-11(9-18(20,21)22)5-4-8-14(16)24-15/h2-8,10H,9,23H2,1H3. The zero-order valence-electron chi connectivity index (χ0n) is 13.3. The van der Waals surface area contributed by atoms with E-state index in [0.717, 1.165) is 0 Å². The van der Waals surface area contributed by atoms with E-state index in [2.05, 4.69) is 9.97 Å². The Bertz CT molecular complexity index is 923. The number of nitrogens with zero attached hydrogens (tertiary/aromatic N) is 2. The number of hydrogen-bond donors (Lipinski definition) is 1. The molecule has 0 bridgehead atoms. The smallest absolute Gasteiger partial charge is 0.323 e. The topological polar surface area (TPSA) is 51.8 Å². The van der Waals surface area contributed by atoms with Gasteiger partial charge in [0.2, 0.25) is 0 Å². The molecule has 0 saturated heterocycles. The molecule has 0 spiro atoms. The first-order valence-electron chi connectivity index (χ1n) is 7.63. The van der Waals surface area contributed by atoms with Crippen molar-refractivity contribution in [2.45, 2.75) is 25.6 Å². The van der Waals surface area contributed by atoms with Crippen LogP contribution < -0.4 is 5.73 Å². The first-order valence-corrected chi connectivity index (χ1v) is 8.01. The second-order valence-electron chi connectivity index (χ2n) is 5.80. The lowest BCUT2D eigenvalue weighted by atomic mass is 10.0. The van der Waals surface area contributed by atoms with Gasteiger partial charge in [-0.2, -0.15) is 13.2 Å². The molecule has 25 heavy (non-hydrogen) atoms. The number of aromatic nitrogens is 2. The van der Waals surface area contributed by atoms with Crippen LogP contribution in [0.25, 0.3) is 22.3 Å². The van der Waals surface area contributed by atoms with Crippen LogP contribution >= 0.6 is 11.6 Å². The fourth-order valence-corrected chi connectivity index (χ4v) is 2.90. The summed E-state index contributed by atoms with van der Waals surface area (Å²) in [5.41, 5.74) is 8.15. The summed E-state index contributed by atoms with van der Waals surface area (Å²) in [6, 6.07) is 11.1. The quantitative estimate of drug-likeness (QED) is 0.704. The molecular formula is C18H15ClF3N3. The van der Waals surface area contributed by atoms with Gasteiger partial charge in [-0.25, -0.2) is 9.97 Å². The van der Waals surface area contributed by atoms with Gasteiger partial charge in [-0.1, -0.05) is 41.9 Å². The Balaban J connectivity index is 2.30. The lowest BCUT2D eigenvalue weighted by Gasteiger charge is -2.15. The minimum absolute atomic E-state index is 0.0713. The molecule has 3 aromatic rings. The number of halogens is 4. The summed E-state index contributed by atoms with van der Waals surface area (Å²) >= 11 is 6.24. The highest BCUT2D eigenvalue weighted by atomic mass is 35.5. The molecule has 2 aromatic carbocycles. The lowest BCUT2D eigenvalue weighted by molar-refractivity contribution is -0.127. The molecule has 1 aromatic heterocycles. The number of alkyl halides is 3. The van der Waals surface area contributed by atoms with Gasteiger partial charge >= 0.3 is 6.18 Å². The normalized spacial score (nSPS) is 13.2. The number of hydrogen-bond acceptors (Lipinski definition) is 3. The van der Waals surface area contributed by atoms with Crippen LogP contribution in [-0.2, 0) is 6.42 Å². The maximum absolute atomic E-state index is 12.9. The van der Waals surface area contributed by atoms with E-state index in [1.54, 1.807) is 37.3 Å². The van der Waals surface area contributed by atoms with Crippen molar-refractivity contribution in [1.29, 1.82) is 0 Å². The molecular weight excluding hydrogens is 351 g/mol. The van der Waals surface area contributed by atoms with Crippen molar-refractivity contribution in [2.24, 2.45) is 5.73 Å². The highest BCUT2D eigenvalue weighted by Crippen LogP contribution is 2.33. The monoisotopic (exact) mass is 365 g/mol. The maximum Gasteiger partial charge on any atom is 0.393 e. The molecule has 0 aliphatic heterocycles. The van der Waals surface area contributed by atoms with Crippen LogP contribution in [0.1, 0.15) is 24.2 Å². The van der Waals surface area contributed by atoms with Crippen LogP contribution in [0, 0.1) is 0 Å². The van der Waals surface area contributed by atoms with Crippen molar-refractivity contribution in [2.75, 3.05) is 0 Å². The van der Waals surface area contributed by atoms with Crippen molar-refractivity contribution in [3.63, 3.8) is 0 Å². The van der Waals surface area contributed by atoms with E-state index in [1.807, 2.05) is 0 Å². The predicted molar refractivity (Wildman–Crippen MR) is 92.3 cm³/mol. The molecule has 0 amide bonds. The highest BCUT2D eigenvalue weighted by Gasteiger charge is 2.29. The molecule has 0 saturated carbocycles. The van der Waals surface area contributed by atoms with Gasteiger partial charge in [0.1, 0.15) is 0 Å². The van der Waals surface area contributed by atoms with E-state index in [0.29, 0.717) is 27.5 Å². The van der Waals surface area contributed by atoms with Crippen molar-refractivity contribution >= 4 is 22.6 Å². The molecule has 0 aliphatic rings. The van der Waals surface area contributed by atoms with E-state index >= 15 is 0 Å². The summed E-state index contributed by atoms with van der Waals surface area (Å²) in [7, 11) is 0. The molecule has 1 heterocycles. The lowest BCUT2D eigenvalue weighted by Crippen LogP contribution is -2.14. The van der Waals surface area contributed by atoms with Crippen LogP contribution in [0.5, 0.6) is 0 Å². The second-order valence-corrected chi connectivity index (χ2v) is 6.21. The summed E-state index contributed by atoms with van der Waals surface area (Å²) in [6.07, 6.45) is -5.40. The highest BCUT2D eigenvalue weighted by molar-refractivity contribution is 6.33. The molecule has 130 valence electrons. The van der Waals surface area contributed by atoms with Gasteiger partial charge in [0.05, 0.1) is 33.9 Å². The molecule has 1 atom stereocenters. The predicted octanol–water partition coefficient (Wildman–Crippen LogP) is 5.07. The number of fused-ring (bicyclic) bond motifs is 1. The SMILES string of the molecule is CC(N)c1nc2cccc(CC(F)(F)F)c2nc1-c1ccccc1Cl. The van der Waals surface area contributed by atoms with Gasteiger partial charge in [0.15, 0.2) is 0 Å². The first kappa shape index (κ1) is 17.6. The van der Waals surface area contributed by atoms with Crippen LogP contribution in [0.3, 0.4) is 0 Å². The van der Waals surface area contributed by atoms with E-state index in [9.17, 15) is 13.2 Å². The van der Waals surface area contributed by atoms with Gasteiger partial charge < -0.3 is 5.73 Å². The summed E-state index contributed by atoms with van der Waals surface area (Å²) in [5, 5.41) is 0.436. The third-order valence-corrected chi connectivity index (χ3v) is 4.09. The van der Waals surface area contributed by atoms with E-state index in [1.165, 1.54) is 12.1 Å². The Kier molecular flexibility index (Phi) is 4.67. The summed E-state index contributed by atoms with van der Waals surface area (Å²) in [6.45, 7) is 1.75. The number of benzene rings is 2. The third-order valence-electron chi connectivity index (χ3n) is 3.76. The third kappa shape index (κ3) is 3.75. The van der Waals surface area contributed by atoms with Crippen molar-refractivity contribution in [1.82, 2.24) is 9.97 Å². The van der Waals surface area contributed by atoms with E-state index in [4.69, 9.17) is 17.3 Å². The zero-order chi connectivity index (χ0) is 18.2. The average molecular weight is 366 g/mol. The number of nitrogens with two attached hydrogens (primary N) is 1. The Morgan fingerprint density at radius 1 is 1.08 bits per heavy atom. The Labute approximate surface area is 147 Å². The van der Waals surface area contributed by atoms with Gasteiger partial charge in [-0.05, 0) is 24.6 Å².